The number of aliphatic hydroxyl groups is 1. The van der Waals surface area contributed by atoms with E-state index in [2.05, 4.69) is 9.47 Å². The number of aromatic nitrogens is 1. The van der Waals surface area contributed by atoms with Crippen LogP contribution in [-0.2, 0) is 7.05 Å². The predicted molar refractivity (Wildman–Crippen MR) is 84.7 cm³/mol. The van der Waals surface area contributed by atoms with E-state index in [1.54, 1.807) is 0 Å². The molecule has 0 spiro atoms. The Morgan fingerprint density at radius 2 is 2.00 bits per heavy atom. The van der Waals surface area contributed by atoms with E-state index in [1.807, 2.05) is 27.0 Å². The Labute approximate surface area is 127 Å². The average Bonchev–Trinajstić information content (AvgIpc) is 2.75. The molecule has 1 N–H and O–H groups in total. The van der Waals surface area contributed by atoms with Crippen LogP contribution in [0.2, 0.25) is 0 Å². The van der Waals surface area contributed by atoms with Gasteiger partial charge in [0.2, 0.25) is 0 Å². The van der Waals surface area contributed by atoms with Gasteiger partial charge in [0.15, 0.2) is 5.78 Å². The van der Waals surface area contributed by atoms with Crippen LogP contribution in [0.3, 0.4) is 0 Å². The van der Waals surface area contributed by atoms with Gasteiger partial charge in [0.05, 0.1) is 13.2 Å². The fraction of sp³-hybridized carbons (Fsp3) is 0.706. The van der Waals surface area contributed by atoms with Gasteiger partial charge in [0.1, 0.15) is 0 Å². The molecule has 21 heavy (non-hydrogen) atoms. The maximum absolute atomic E-state index is 12.6. The van der Waals surface area contributed by atoms with Crippen molar-refractivity contribution in [3.8, 4) is 0 Å². The monoisotopic (exact) mass is 292 g/mol. The summed E-state index contributed by atoms with van der Waals surface area (Å²) in [6.45, 7) is 5.17. The maximum atomic E-state index is 12.6. The summed E-state index contributed by atoms with van der Waals surface area (Å²) >= 11 is 0. The van der Waals surface area contributed by atoms with Crippen LogP contribution in [0, 0.1) is 13.8 Å². The van der Waals surface area contributed by atoms with E-state index in [0.29, 0.717) is 19.1 Å². The minimum atomic E-state index is 0.122. The maximum Gasteiger partial charge on any atom is 0.178 e. The molecule has 0 unspecified atom stereocenters. The van der Waals surface area contributed by atoms with Crippen molar-refractivity contribution in [2.75, 3.05) is 19.7 Å². The number of aliphatic hydroxyl groups excluding tert-OH is 1. The number of aryl methyl sites for hydroxylation is 1. The summed E-state index contributed by atoms with van der Waals surface area (Å²) in [6.07, 6.45) is 6.09. The van der Waals surface area contributed by atoms with Crippen molar-refractivity contribution >= 4 is 5.78 Å². The van der Waals surface area contributed by atoms with Crippen molar-refractivity contribution in [2.24, 2.45) is 7.05 Å². The number of ketones is 1. The number of Topliss-reactive ketones (excluding diaryl/α,β-unsaturated/α-hetero) is 1. The van der Waals surface area contributed by atoms with Gasteiger partial charge in [-0.15, -0.1) is 0 Å². The first-order valence-corrected chi connectivity index (χ1v) is 8.05. The van der Waals surface area contributed by atoms with Gasteiger partial charge in [-0.25, -0.2) is 0 Å². The fourth-order valence-corrected chi connectivity index (χ4v) is 3.37. The zero-order valence-electron chi connectivity index (χ0n) is 13.6. The Kier molecular flexibility index (Phi) is 5.59. The lowest BCUT2D eigenvalue weighted by Crippen LogP contribution is -2.42. The highest BCUT2D eigenvalue weighted by molar-refractivity contribution is 5.99. The molecular formula is C17H28N2O2. The van der Waals surface area contributed by atoms with Crippen molar-refractivity contribution in [3.63, 3.8) is 0 Å². The summed E-state index contributed by atoms with van der Waals surface area (Å²) in [5.41, 5.74) is 2.97. The summed E-state index contributed by atoms with van der Waals surface area (Å²) < 4.78 is 2.06. The molecule has 0 amide bonds. The highest BCUT2D eigenvalue weighted by Crippen LogP contribution is 2.23. The lowest BCUT2D eigenvalue weighted by atomic mass is 9.94. The van der Waals surface area contributed by atoms with Crippen molar-refractivity contribution in [2.45, 2.75) is 52.0 Å². The standard InChI is InChI=1S/C17H28N2O2/c1-13-11-16(14(2)18(13)3)17(21)12-19(9-10-20)15-7-5-4-6-8-15/h11,15,20H,4-10,12H2,1-3H3. The van der Waals surface area contributed by atoms with E-state index in [1.165, 1.54) is 19.3 Å². The Morgan fingerprint density at radius 1 is 1.33 bits per heavy atom. The van der Waals surface area contributed by atoms with Crippen LogP contribution >= 0.6 is 0 Å². The molecular weight excluding hydrogens is 264 g/mol. The first-order chi connectivity index (χ1) is 10.0. The van der Waals surface area contributed by atoms with E-state index in [4.69, 9.17) is 0 Å². The highest BCUT2D eigenvalue weighted by atomic mass is 16.3. The van der Waals surface area contributed by atoms with Crippen LogP contribution in [0.15, 0.2) is 6.07 Å². The van der Waals surface area contributed by atoms with Gasteiger partial charge in [-0.05, 0) is 32.8 Å². The van der Waals surface area contributed by atoms with E-state index >= 15 is 0 Å². The zero-order valence-corrected chi connectivity index (χ0v) is 13.6. The number of hydrogen-bond acceptors (Lipinski definition) is 3. The van der Waals surface area contributed by atoms with Gasteiger partial charge in [-0.1, -0.05) is 19.3 Å². The molecule has 2 rings (SSSR count). The number of carbonyl (C=O) groups excluding carboxylic acids is 1. The van der Waals surface area contributed by atoms with Crippen LogP contribution < -0.4 is 0 Å². The van der Waals surface area contributed by atoms with E-state index in [-0.39, 0.29) is 12.4 Å². The summed E-state index contributed by atoms with van der Waals surface area (Å²) in [6, 6.07) is 2.44. The molecule has 0 atom stereocenters. The Balaban J connectivity index is 2.08. The first kappa shape index (κ1) is 16.2. The topological polar surface area (TPSA) is 45.5 Å². The van der Waals surface area contributed by atoms with Crippen molar-refractivity contribution in [1.29, 1.82) is 0 Å². The molecule has 0 aliphatic heterocycles. The molecule has 118 valence electrons. The molecule has 1 heterocycles. The first-order valence-electron chi connectivity index (χ1n) is 8.05. The Hall–Kier alpha value is -1.13. The largest absolute Gasteiger partial charge is 0.395 e. The molecule has 1 aliphatic rings. The smallest absolute Gasteiger partial charge is 0.178 e. The van der Waals surface area contributed by atoms with E-state index in [0.717, 1.165) is 29.8 Å². The average molecular weight is 292 g/mol. The number of carbonyl (C=O) groups is 1. The third-order valence-electron chi connectivity index (χ3n) is 4.90. The minimum absolute atomic E-state index is 0.122. The molecule has 4 heteroatoms. The molecule has 1 aromatic heterocycles. The normalized spacial score (nSPS) is 16.6. The van der Waals surface area contributed by atoms with Gasteiger partial charge in [0, 0.05) is 36.6 Å². The lowest BCUT2D eigenvalue weighted by Gasteiger charge is -2.33. The Morgan fingerprint density at radius 3 is 2.52 bits per heavy atom. The molecule has 1 saturated carbocycles. The van der Waals surface area contributed by atoms with Gasteiger partial charge in [-0.3, -0.25) is 9.69 Å². The second-order valence-electron chi connectivity index (χ2n) is 6.25. The Bertz CT molecular complexity index is 487. The van der Waals surface area contributed by atoms with Crippen LogP contribution in [0.25, 0.3) is 0 Å². The van der Waals surface area contributed by atoms with Crippen LogP contribution in [0.4, 0.5) is 0 Å². The lowest BCUT2D eigenvalue weighted by molar-refractivity contribution is 0.0814. The summed E-state index contributed by atoms with van der Waals surface area (Å²) in [7, 11) is 1.99. The van der Waals surface area contributed by atoms with Gasteiger partial charge >= 0.3 is 0 Å². The summed E-state index contributed by atoms with van der Waals surface area (Å²) in [4.78, 5) is 14.8. The van der Waals surface area contributed by atoms with Crippen molar-refractivity contribution in [1.82, 2.24) is 9.47 Å². The van der Waals surface area contributed by atoms with Crippen LogP contribution in [0.1, 0.15) is 53.8 Å². The molecule has 0 bridgehead atoms. The quantitative estimate of drug-likeness (QED) is 0.819. The number of rotatable bonds is 6. The molecule has 0 saturated heterocycles. The molecule has 4 nitrogen and oxygen atoms in total. The minimum Gasteiger partial charge on any atom is -0.395 e. The highest BCUT2D eigenvalue weighted by Gasteiger charge is 2.24. The summed E-state index contributed by atoms with van der Waals surface area (Å²) in [5, 5.41) is 9.30. The van der Waals surface area contributed by atoms with E-state index < -0.39 is 0 Å². The van der Waals surface area contributed by atoms with Gasteiger partial charge in [-0.2, -0.15) is 0 Å². The van der Waals surface area contributed by atoms with E-state index in [9.17, 15) is 9.90 Å². The van der Waals surface area contributed by atoms with Crippen LogP contribution in [-0.4, -0.2) is 46.1 Å². The third kappa shape index (κ3) is 3.74. The van der Waals surface area contributed by atoms with Gasteiger partial charge in [0.25, 0.3) is 0 Å². The third-order valence-corrected chi connectivity index (χ3v) is 4.90. The number of nitrogens with zero attached hydrogens (tertiary/aromatic N) is 2. The summed E-state index contributed by atoms with van der Waals surface area (Å²) in [5.74, 6) is 0.176. The molecule has 1 aliphatic carbocycles. The predicted octanol–water partition coefficient (Wildman–Crippen LogP) is 2.45. The van der Waals surface area contributed by atoms with Crippen molar-refractivity contribution in [3.05, 3.63) is 23.0 Å². The molecule has 0 aromatic carbocycles. The molecule has 1 aromatic rings. The second-order valence-corrected chi connectivity index (χ2v) is 6.25. The SMILES string of the molecule is Cc1cc(C(=O)CN(CCO)C2CCCCC2)c(C)n1C. The fourth-order valence-electron chi connectivity index (χ4n) is 3.37. The van der Waals surface area contributed by atoms with Crippen LogP contribution in [0.5, 0.6) is 0 Å². The van der Waals surface area contributed by atoms with Crippen molar-refractivity contribution < 1.29 is 9.90 Å². The molecule has 1 fully saturated rings. The number of hydrogen-bond donors (Lipinski definition) is 1. The molecule has 0 radical (unpaired) electrons. The zero-order chi connectivity index (χ0) is 15.4. The van der Waals surface area contributed by atoms with Gasteiger partial charge < -0.3 is 9.67 Å². The second kappa shape index (κ2) is 7.23.